The van der Waals surface area contributed by atoms with Crippen LogP contribution in [0.4, 0.5) is 5.69 Å². The van der Waals surface area contributed by atoms with E-state index in [-0.39, 0.29) is 21.4 Å². The molecule has 1 aliphatic heterocycles. The smallest absolute Gasteiger partial charge is 0.261 e. The van der Waals surface area contributed by atoms with Gasteiger partial charge in [-0.2, -0.15) is 0 Å². The van der Waals surface area contributed by atoms with Gasteiger partial charge in [-0.3, -0.25) is 9.52 Å². The molecule has 6 nitrogen and oxygen atoms in total. The summed E-state index contributed by atoms with van der Waals surface area (Å²) in [5, 5.41) is 0.222. The van der Waals surface area contributed by atoms with E-state index in [4.69, 9.17) is 16.3 Å². The molecule has 1 N–H and O–H groups in total. The molecule has 3 rings (SSSR count). The van der Waals surface area contributed by atoms with Gasteiger partial charge in [0, 0.05) is 18.8 Å². The standard InChI is InChI=1S/C21H23ClN2O4S/c1-3-28-17-6-4-16(5-7-17)23-29(26,27)18-8-9-20(22)19(14-18)21(25)24-12-10-15(2)11-13-24/h4-9,14,23H,2-3,10-13H2,1H3. The van der Waals surface area contributed by atoms with Crippen molar-refractivity contribution in [1.82, 2.24) is 4.90 Å². The first kappa shape index (κ1) is 21.2. The van der Waals surface area contributed by atoms with Crippen LogP contribution in [0.3, 0.4) is 0 Å². The molecule has 0 unspecified atom stereocenters. The Bertz CT molecular complexity index is 1010. The Morgan fingerprint density at radius 3 is 2.45 bits per heavy atom. The molecule has 154 valence electrons. The van der Waals surface area contributed by atoms with Crippen LogP contribution >= 0.6 is 11.6 Å². The third-order valence-corrected chi connectivity index (χ3v) is 6.36. The third kappa shape index (κ3) is 5.10. The van der Waals surface area contributed by atoms with E-state index in [2.05, 4.69) is 11.3 Å². The molecule has 1 saturated heterocycles. The van der Waals surface area contributed by atoms with Gasteiger partial charge >= 0.3 is 0 Å². The van der Waals surface area contributed by atoms with Gasteiger partial charge < -0.3 is 9.64 Å². The van der Waals surface area contributed by atoms with Crippen LogP contribution in [-0.2, 0) is 10.0 Å². The Kier molecular flexibility index (Phi) is 6.49. The van der Waals surface area contributed by atoms with Crippen molar-refractivity contribution < 1.29 is 17.9 Å². The molecule has 1 aliphatic rings. The van der Waals surface area contributed by atoms with Crippen molar-refractivity contribution in [3.63, 3.8) is 0 Å². The first-order chi connectivity index (χ1) is 13.8. The number of hydrogen-bond acceptors (Lipinski definition) is 4. The quantitative estimate of drug-likeness (QED) is 0.686. The minimum atomic E-state index is -3.89. The predicted octanol–water partition coefficient (Wildman–Crippen LogP) is 4.33. The Morgan fingerprint density at radius 1 is 1.17 bits per heavy atom. The van der Waals surface area contributed by atoms with Crippen molar-refractivity contribution in [3.8, 4) is 5.75 Å². The number of nitrogens with one attached hydrogen (secondary N) is 1. The van der Waals surface area contributed by atoms with E-state index in [1.807, 2.05) is 6.92 Å². The summed E-state index contributed by atoms with van der Waals surface area (Å²) in [6.45, 7) is 7.44. The summed E-state index contributed by atoms with van der Waals surface area (Å²) < 4.78 is 33.5. The predicted molar refractivity (Wildman–Crippen MR) is 114 cm³/mol. The van der Waals surface area contributed by atoms with E-state index < -0.39 is 10.0 Å². The normalized spacial score (nSPS) is 14.6. The summed E-state index contributed by atoms with van der Waals surface area (Å²) in [4.78, 5) is 14.5. The fourth-order valence-electron chi connectivity index (χ4n) is 3.03. The van der Waals surface area contributed by atoms with E-state index >= 15 is 0 Å². The topological polar surface area (TPSA) is 75.7 Å². The summed E-state index contributed by atoms with van der Waals surface area (Å²) in [6, 6.07) is 10.7. The Balaban J connectivity index is 1.81. The second kappa shape index (κ2) is 8.88. The van der Waals surface area contributed by atoms with E-state index in [1.54, 1.807) is 29.2 Å². The van der Waals surface area contributed by atoms with Crippen LogP contribution in [0.25, 0.3) is 0 Å². The molecule has 0 aromatic heterocycles. The van der Waals surface area contributed by atoms with Crippen molar-refractivity contribution in [2.75, 3.05) is 24.4 Å². The SMILES string of the molecule is C=C1CCN(C(=O)c2cc(S(=O)(=O)Nc3ccc(OCC)cc3)ccc2Cl)CC1. The number of anilines is 1. The van der Waals surface area contributed by atoms with E-state index in [1.165, 1.54) is 18.2 Å². The van der Waals surface area contributed by atoms with Crippen molar-refractivity contribution in [2.24, 2.45) is 0 Å². The number of nitrogens with zero attached hydrogens (tertiary/aromatic N) is 1. The molecular formula is C21H23ClN2O4S. The largest absolute Gasteiger partial charge is 0.494 e. The number of piperidine rings is 1. The lowest BCUT2D eigenvalue weighted by Gasteiger charge is -2.28. The van der Waals surface area contributed by atoms with E-state index in [0.29, 0.717) is 31.1 Å². The van der Waals surface area contributed by atoms with Gasteiger partial charge in [0.1, 0.15) is 5.75 Å². The van der Waals surface area contributed by atoms with Gasteiger partial charge in [0.25, 0.3) is 15.9 Å². The maximum atomic E-state index is 12.8. The third-order valence-electron chi connectivity index (χ3n) is 4.65. The average molecular weight is 435 g/mol. The van der Waals surface area contributed by atoms with Gasteiger partial charge in [-0.1, -0.05) is 23.8 Å². The Hall–Kier alpha value is -2.51. The van der Waals surface area contributed by atoms with Crippen molar-refractivity contribution >= 4 is 33.2 Å². The summed E-state index contributed by atoms with van der Waals surface area (Å²) in [5.74, 6) is 0.375. The molecule has 0 aliphatic carbocycles. The maximum Gasteiger partial charge on any atom is 0.261 e. The Labute approximate surface area is 176 Å². The minimum Gasteiger partial charge on any atom is -0.494 e. The first-order valence-corrected chi connectivity index (χ1v) is 11.2. The molecule has 1 heterocycles. The monoisotopic (exact) mass is 434 g/mol. The van der Waals surface area contributed by atoms with Crippen molar-refractivity contribution in [2.45, 2.75) is 24.7 Å². The lowest BCUT2D eigenvalue weighted by atomic mass is 10.0. The molecule has 8 heteroatoms. The first-order valence-electron chi connectivity index (χ1n) is 9.31. The molecule has 29 heavy (non-hydrogen) atoms. The van der Waals surface area contributed by atoms with Gasteiger partial charge in [-0.15, -0.1) is 0 Å². The molecule has 2 aromatic carbocycles. The molecule has 0 bridgehead atoms. The number of carbonyl (C=O) groups excluding carboxylic acids is 1. The molecule has 0 radical (unpaired) electrons. The van der Waals surface area contributed by atoms with E-state index in [0.717, 1.165) is 18.4 Å². The summed E-state index contributed by atoms with van der Waals surface area (Å²) in [7, 11) is -3.89. The number of benzene rings is 2. The minimum absolute atomic E-state index is 0.0273. The van der Waals surface area contributed by atoms with Crippen LogP contribution in [0.2, 0.25) is 5.02 Å². The molecule has 1 amide bonds. The highest BCUT2D eigenvalue weighted by Crippen LogP contribution is 2.26. The van der Waals surface area contributed by atoms with Crippen molar-refractivity contribution in [3.05, 3.63) is 65.2 Å². The lowest BCUT2D eigenvalue weighted by Crippen LogP contribution is -2.36. The summed E-state index contributed by atoms with van der Waals surface area (Å²) in [5.41, 5.74) is 1.68. The Morgan fingerprint density at radius 2 is 1.83 bits per heavy atom. The number of sulfonamides is 1. The number of ether oxygens (including phenoxy) is 1. The van der Waals surface area contributed by atoms with Gasteiger partial charge in [-0.25, -0.2) is 8.42 Å². The molecule has 0 atom stereocenters. The lowest BCUT2D eigenvalue weighted by molar-refractivity contribution is 0.0743. The van der Waals surface area contributed by atoms with Crippen LogP contribution in [0.5, 0.6) is 5.75 Å². The number of likely N-dealkylation sites (tertiary alicyclic amines) is 1. The molecule has 1 fully saturated rings. The zero-order valence-electron chi connectivity index (χ0n) is 16.2. The van der Waals surface area contributed by atoms with Gasteiger partial charge in [0.05, 0.1) is 22.1 Å². The number of hydrogen-bond donors (Lipinski definition) is 1. The second-order valence-electron chi connectivity index (χ2n) is 6.75. The fraction of sp³-hybridized carbons (Fsp3) is 0.286. The fourth-order valence-corrected chi connectivity index (χ4v) is 4.31. The number of rotatable bonds is 6. The zero-order valence-corrected chi connectivity index (χ0v) is 17.7. The van der Waals surface area contributed by atoms with Crippen LogP contribution in [0, 0.1) is 0 Å². The van der Waals surface area contributed by atoms with Crippen LogP contribution < -0.4 is 9.46 Å². The number of carbonyl (C=O) groups is 1. The summed E-state index contributed by atoms with van der Waals surface area (Å²) >= 11 is 6.20. The number of amides is 1. The van der Waals surface area contributed by atoms with Gasteiger partial charge in [0.15, 0.2) is 0 Å². The van der Waals surface area contributed by atoms with Crippen molar-refractivity contribution in [1.29, 1.82) is 0 Å². The van der Waals surface area contributed by atoms with Crippen LogP contribution in [-0.4, -0.2) is 38.9 Å². The highest BCUT2D eigenvalue weighted by molar-refractivity contribution is 7.92. The molecule has 0 spiro atoms. The second-order valence-corrected chi connectivity index (χ2v) is 8.84. The maximum absolute atomic E-state index is 12.8. The zero-order chi connectivity index (χ0) is 21.0. The van der Waals surface area contributed by atoms with E-state index in [9.17, 15) is 13.2 Å². The van der Waals surface area contributed by atoms with Gasteiger partial charge in [-0.05, 0) is 62.2 Å². The highest BCUT2D eigenvalue weighted by atomic mass is 35.5. The number of halogens is 1. The van der Waals surface area contributed by atoms with Crippen LogP contribution in [0.15, 0.2) is 59.5 Å². The molecule has 0 saturated carbocycles. The van der Waals surface area contributed by atoms with Gasteiger partial charge in [0.2, 0.25) is 0 Å². The molecule has 2 aromatic rings. The van der Waals surface area contributed by atoms with Crippen LogP contribution in [0.1, 0.15) is 30.1 Å². The average Bonchev–Trinajstić information content (AvgIpc) is 2.70. The summed E-state index contributed by atoms with van der Waals surface area (Å²) in [6.07, 6.45) is 1.47. The molecular weight excluding hydrogens is 412 g/mol. The highest BCUT2D eigenvalue weighted by Gasteiger charge is 2.24.